The Morgan fingerprint density at radius 1 is 0.585 bits per heavy atom. The van der Waals surface area contributed by atoms with E-state index in [-0.39, 0.29) is 44.5 Å². The Balaban J connectivity index is 0.000000247. The molecule has 10 nitrogen and oxygen atoms in total. The lowest BCUT2D eigenvalue weighted by Gasteiger charge is -2.26. The third kappa shape index (κ3) is 9.49. The van der Waals surface area contributed by atoms with E-state index >= 15 is 0 Å². The maximum Gasteiger partial charge on any atom is 0.206 e. The molecule has 0 saturated carbocycles. The highest BCUT2D eigenvalue weighted by molar-refractivity contribution is 5.94. The molecule has 0 fully saturated rings. The summed E-state index contributed by atoms with van der Waals surface area (Å²) in [5, 5.41) is 27.6. The zero-order valence-corrected chi connectivity index (χ0v) is 30.9. The van der Waals surface area contributed by atoms with Crippen molar-refractivity contribution >= 4 is 43.9 Å². The quantitative estimate of drug-likeness (QED) is 0.0928. The smallest absolute Gasteiger partial charge is 0.206 e. The van der Waals surface area contributed by atoms with Crippen molar-refractivity contribution in [3.05, 3.63) is 93.2 Å². The number of terminal acetylenes is 3. The lowest BCUT2D eigenvalue weighted by Crippen LogP contribution is -2.29. The van der Waals surface area contributed by atoms with Crippen LogP contribution in [0.2, 0.25) is 0 Å². The molecule has 2 aromatic heterocycles. The summed E-state index contributed by atoms with van der Waals surface area (Å²) >= 11 is 0. The first kappa shape index (κ1) is 41.0. The maximum absolute atomic E-state index is 12.9. The van der Waals surface area contributed by atoms with Crippen LogP contribution in [0.1, 0.15) is 41.5 Å². The highest BCUT2D eigenvalue weighted by Gasteiger charge is 2.27. The Hall–Kier alpha value is -6.38. The van der Waals surface area contributed by atoms with Gasteiger partial charge in [0.1, 0.15) is 16.8 Å². The zero-order chi connectivity index (χ0) is 39.7. The van der Waals surface area contributed by atoms with Crippen LogP contribution in [0.4, 0.5) is 0 Å². The minimum Gasteiger partial charge on any atom is -0.504 e. The van der Waals surface area contributed by atoms with Crippen molar-refractivity contribution in [3.8, 4) is 60.0 Å². The van der Waals surface area contributed by atoms with E-state index in [1.165, 1.54) is 12.1 Å². The molecule has 3 N–H and O–H groups in total. The van der Waals surface area contributed by atoms with E-state index in [1.807, 2.05) is 13.8 Å². The van der Waals surface area contributed by atoms with Crippen LogP contribution in [-0.2, 0) is 4.74 Å². The number of para-hydroxylation sites is 2. The first-order valence-electron chi connectivity index (χ1n) is 16.1. The number of ether oxygens (including phenoxy) is 3. The average Bonchev–Trinajstić information content (AvgIpc) is 3.16. The number of hydrogen-bond donors (Lipinski definition) is 3. The van der Waals surface area contributed by atoms with Gasteiger partial charge in [0.2, 0.25) is 22.4 Å². The van der Waals surface area contributed by atoms with Gasteiger partial charge in [-0.25, -0.2) is 0 Å². The molecule has 0 aliphatic rings. The Kier molecular flexibility index (Phi) is 13.0. The van der Waals surface area contributed by atoms with Crippen LogP contribution in [0, 0.1) is 37.0 Å². The van der Waals surface area contributed by atoms with Crippen LogP contribution in [0.25, 0.3) is 43.9 Å². The van der Waals surface area contributed by atoms with Crippen LogP contribution in [0.3, 0.4) is 0 Å². The molecular formula is C43H42O10. The topological polar surface area (TPSA) is 149 Å². The van der Waals surface area contributed by atoms with Crippen LogP contribution in [0.5, 0.6) is 23.0 Å². The highest BCUT2D eigenvalue weighted by atomic mass is 16.5. The van der Waals surface area contributed by atoms with E-state index in [0.29, 0.717) is 33.1 Å². The number of aromatic hydroxyl groups is 2. The third-order valence-corrected chi connectivity index (χ3v) is 7.64. The maximum atomic E-state index is 12.9. The number of phenols is 2. The summed E-state index contributed by atoms with van der Waals surface area (Å²) in [5.74, 6) is 7.50. The molecule has 4 aromatic carbocycles. The molecule has 2 heterocycles. The molecule has 0 aliphatic heterocycles. The zero-order valence-electron chi connectivity index (χ0n) is 30.9. The van der Waals surface area contributed by atoms with Gasteiger partial charge in [-0.05, 0) is 90.1 Å². The van der Waals surface area contributed by atoms with Crippen molar-refractivity contribution in [2.24, 2.45) is 0 Å². The fraction of sp³-hybridized carbons (Fsp3) is 0.256. The van der Waals surface area contributed by atoms with Gasteiger partial charge in [-0.3, -0.25) is 9.59 Å². The summed E-state index contributed by atoms with van der Waals surface area (Å²) in [4.78, 5) is 25.0. The molecule has 0 unspecified atom stereocenters. The van der Waals surface area contributed by atoms with Crippen molar-refractivity contribution in [3.63, 3.8) is 0 Å². The second-order valence-electron chi connectivity index (χ2n) is 12.8. The van der Waals surface area contributed by atoms with Gasteiger partial charge in [0.15, 0.2) is 33.9 Å². The van der Waals surface area contributed by atoms with Gasteiger partial charge < -0.3 is 38.4 Å². The summed E-state index contributed by atoms with van der Waals surface area (Å²) in [6, 6.07) is 19.8. The predicted octanol–water partition coefficient (Wildman–Crippen LogP) is 7.54. The first-order chi connectivity index (χ1) is 25.0. The molecule has 0 saturated heterocycles. The van der Waals surface area contributed by atoms with Crippen molar-refractivity contribution in [2.75, 3.05) is 14.2 Å². The Labute approximate surface area is 307 Å². The Bertz CT molecular complexity index is 2500. The van der Waals surface area contributed by atoms with Crippen molar-refractivity contribution in [1.29, 1.82) is 0 Å². The van der Waals surface area contributed by atoms with Crippen molar-refractivity contribution in [2.45, 2.75) is 58.3 Å². The second kappa shape index (κ2) is 16.8. The van der Waals surface area contributed by atoms with Gasteiger partial charge in [0, 0.05) is 14.2 Å². The van der Waals surface area contributed by atoms with Crippen molar-refractivity contribution < 1.29 is 38.4 Å². The van der Waals surface area contributed by atoms with Gasteiger partial charge in [-0.2, -0.15) is 0 Å². The van der Waals surface area contributed by atoms with Crippen LogP contribution in [-0.4, -0.2) is 46.3 Å². The van der Waals surface area contributed by atoms with E-state index in [1.54, 1.807) is 95.5 Å². The summed E-state index contributed by atoms with van der Waals surface area (Å²) in [7, 11) is 2.60. The number of phenolic OH excluding ortho intramolecular Hbond substituents is 2. The number of methoxy groups -OCH3 is 1. The molecule has 6 aromatic rings. The number of rotatable bonds is 5. The molecule has 274 valence electrons. The summed E-state index contributed by atoms with van der Waals surface area (Å²) in [6.45, 7) is 10.7. The fourth-order valence-electron chi connectivity index (χ4n) is 4.49. The Morgan fingerprint density at radius 2 is 1.02 bits per heavy atom. The minimum atomic E-state index is -0.948. The normalized spacial score (nSPS) is 11.1. The third-order valence-electron chi connectivity index (χ3n) is 7.64. The molecule has 6 rings (SSSR count). The van der Waals surface area contributed by atoms with E-state index in [0.717, 1.165) is 7.11 Å². The van der Waals surface area contributed by atoms with Gasteiger partial charge in [0.05, 0.1) is 21.5 Å². The van der Waals surface area contributed by atoms with Gasteiger partial charge in [-0.15, -0.1) is 19.3 Å². The molecule has 0 spiro atoms. The summed E-state index contributed by atoms with van der Waals surface area (Å²) in [5.41, 5.74) is -1.49. The van der Waals surface area contributed by atoms with Crippen LogP contribution >= 0.6 is 0 Å². The molecule has 0 amide bonds. The van der Waals surface area contributed by atoms with Gasteiger partial charge >= 0.3 is 0 Å². The van der Waals surface area contributed by atoms with Gasteiger partial charge in [0.25, 0.3) is 0 Å². The Morgan fingerprint density at radius 3 is 1.49 bits per heavy atom. The molecular weight excluding hydrogens is 676 g/mol. The van der Waals surface area contributed by atoms with Crippen molar-refractivity contribution in [1.82, 2.24) is 0 Å². The average molecular weight is 719 g/mol. The SMILES string of the molecule is C#CC(C)(C)OC.C#CC(C)(C)Oc1ccc2c(=O)c3ccccc3oc2c1OC(C)(C)C#C.CO.O=c1c2ccccc2oc2c(O)c(O)ccc12. The molecule has 0 radical (unpaired) electrons. The number of benzene rings is 4. The molecule has 10 heteroatoms. The second-order valence-corrected chi connectivity index (χ2v) is 12.8. The number of aliphatic hydroxyl groups is 1. The number of aliphatic hydroxyl groups excluding tert-OH is 1. The van der Waals surface area contributed by atoms with E-state index in [9.17, 15) is 19.8 Å². The highest BCUT2D eigenvalue weighted by Crippen LogP contribution is 2.40. The van der Waals surface area contributed by atoms with Gasteiger partial charge in [-0.1, -0.05) is 42.0 Å². The first-order valence-corrected chi connectivity index (χ1v) is 16.1. The lowest BCUT2D eigenvalue weighted by atomic mass is 10.1. The number of fused-ring (bicyclic) bond motifs is 4. The largest absolute Gasteiger partial charge is 0.504 e. The molecule has 0 aliphatic carbocycles. The standard InChI is InChI=1S/C23H20O4.C13H8O4.C6H10O.CH4O/c1-7-22(3,4)26-18-14-13-16-19(24)15-11-9-10-12-17(15)25-20(16)21(18)27-23(5,6)8-2;14-9-6-5-8-11(15)7-3-1-2-4-10(7)17-13(8)12(9)16;1-5-6(2,3)7-4;1-2/h1-2,9-14H,3-6H3;1-6,14,16H;1H,2-4H3;2H,1H3. The summed E-state index contributed by atoms with van der Waals surface area (Å²) in [6.07, 6.45) is 16.2. The lowest BCUT2D eigenvalue weighted by molar-refractivity contribution is 0.0743. The summed E-state index contributed by atoms with van der Waals surface area (Å²) < 4.78 is 28.3. The molecule has 0 bridgehead atoms. The van der Waals surface area contributed by atoms with E-state index in [2.05, 4.69) is 17.8 Å². The monoisotopic (exact) mass is 718 g/mol. The number of hydrogen-bond acceptors (Lipinski definition) is 10. The fourth-order valence-corrected chi connectivity index (χ4v) is 4.49. The van der Waals surface area contributed by atoms with E-state index in [4.69, 9.17) is 47.4 Å². The minimum absolute atomic E-state index is 0.00806. The molecule has 53 heavy (non-hydrogen) atoms. The van der Waals surface area contributed by atoms with Crippen LogP contribution < -0.4 is 20.3 Å². The predicted molar refractivity (Wildman–Crippen MR) is 208 cm³/mol. The van der Waals surface area contributed by atoms with E-state index < -0.39 is 17.0 Å². The van der Waals surface area contributed by atoms with Crippen LogP contribution in [0.15, 0.2) is 91.2 Å². The molecule has 0 atom stereocenters.